The Labute approximate surface area is 247 Å². The maximum Gasteiger partial charge on any atom is 0.534 e. The first-order chi connectivity index (χ1) is 20.5. The SMILES string of the molecule is COC(=O)Cc1ccc(OS(=O)(=O)C(F)(F)F)c(Oc2ccc(C(F)(F)F)cc2CN2C(=O)OC(c3ccccc3)C2C)c1. The number of halogens is 6. The van der Waals surface area contributed by atoms with Crippen LogP contribution in [-0.4, -0.2) is 44.0 Å². The van der Waals surface area contributed by atoms with E-state index in [4.69, 9.17) is 9.47 Å². The average Bonchev–Trinajstić information content (AvgIpc) is 3.22. The van der Waals surface area contributed by atoms with E-state index in [9.17, 15) is 44.3 Å². The molecule has 44 heavy (non-hydrogen) atoms. The van der Waals surface area contributed by atoms with Crippen molar-refractivity contribution in [3.05, 3.63) is 89.0 Å². The third-order valence-electron chi connectivity index (χ3n) is 6.54. The number of nitrogens with zero attached hydrogens (tertiary/aromatic N) is 1. The van der Waals surface area contributed by atoms with E-state index in [1.807, 2.05) is 0 Å². The third-order valence-corrected chi connectivity index (χ3v) is 7.50. The molecule has 0 radical (unpaired) electrons. The van der Waals surface area contributed by atoms with Crippen molar-refractivity contribution in [1.82, 2.24) is 4.90 Å². The molecule has 3 aromatic rings. The van der Waals surface area contributed by atoms with Crippen LogP contribution in [-0.2, 0) is 43.5 Å². The minimum absolute atomic E-state index is 0.0829. The van der Waals surface area contributed by atoms with Crippen LogP contribution in [0.2, 0.25) is 0 Å². The number of carbonyl (C=O) groups is 2. The molecular formula is C28H23F6NO8S. The number of hydrogen-bond acceptors (Lipinski definition) is 8. The third kappa shape index (κ3) is 7.18. The van der Waals surface area contributed by atoms with Crippen LogP contribution in [0.3, 0.4) is 0 Å². The lowest BCUT2D eigenvalue weighted by Crippen LogP contribution is -2.31. The molecule has 1 saturated heterocycles. The lowest BCUT2D eigenvalue weighted by atomic mass is 10.0. The van der Waals surface area contributed by atoms with Crippen LogP contribution >= 0.6 is 0 Å². The topological polar surface area (TPSA) is 108 Å². The van der Waals surface area contributed by atoms with E-state index in [-0.39, 0.29) is 16.9 Å². The minimum Gasteiger partial charge on any atom is -0.469 e. The number of ether oxygens (including phenoxy) is 3. The zero-order valence-corrected chi connectivity index (χ0v) is 23.6. The van der Waals surface area contributed by atoms with Gasteiger partial charge in [0.2, 0.25) is 0 Å². The highest BCUT2D eigenvalue weighted by Gasteiger charge is 2.49. The normalized spacial score (nSPS) is 17.3. The zero-order chi connectivity index (χ0) is 32.4. The summed E-state index contributed by atoms with van der Waals surface area (Å²) in [6, 6.07) is 12.9. The highest BCUT2D eigenvalue weighted by atomic mass is 32.2. The number of methoxy groups -OCH3 is 1. The van der Waals surface area contributed by atoms with Gasteiger partial charge in [-0.15, -0.1) is 0 Å². The van der Waals surface area contributed by atoms with Crippen molar-refractivity contribution in [3.63, 3.8) is 0 Å². The molecule has 0 bridgehead atoms. The first-order valence-corrected chi connectivity index (χ1v) is 14.0. The molecule has 1 aliphatic heterocycles. The summed E-state index contributed by atoms with van der Waals surface area (Å²) in [5.41, 5.74) is -6.49. The number of amides is 1. The molecule has 9 nitrogen and oxygen atoms in total. The smallest absolute Gasteiger partial charge is 0.469 e. The predicted octanol–water partition coefficient (Wildman–Crippen LogP) is 6.52. The van der Waals surface area contributed by atoms with Crippen LogP contribution in [0.1, 0.15) is 35.3 Å². The van der Waals surface area contributed by atoms with Gasteiger partial charge in [-0.2, -0.15) is 34.8 Å². The number of alkyl halides is 6. The number of esters is 1. The Hall–Kier alpha value is -4.47. The van der Waals surface area contributed by atoms with Gasteiger partial charge in [0.1, 0.15) is 11.9 Å². The molecule has 2 atom stereocenters. The number of rotatable bonds is 9. The molecule has 2 unspecified atom stereocenters. The highest BCUT2D eigenvalue weighted by Crippen LogP contribution is 2.41. The zero-order valence-electron chi connectivity index (χ0n) is 22.8. The maximum absolute atomic E-state index is 13.7. The van der Waals surface area contributed by atoms with E-state index in [0.717, 1.165) is 36.3 Å². The van der Waals surface area contributed by atoms with Gasteiger partial charge in [-0.25, -0.2) is 4.79 Å². The van der Waals surface area contributed by atoms with Crippen molar-refractivity contribution in [3.8, 4) is 17.2 Å². The summed E-state index contributed by atoms with van der Waals surface area (Å²) in [6.45, 7) is 1.11. The van der Waals surface area contributed by atoms with Gasteiger partial charge in [-0.05, 0) is 48.4 Å². The van der Waals surface area contributed by atoms with E-state index < -0.39 is 76.0 Å². The molecular weight excluding hydrogens is 624 g/mol. The van der Waals surface area contributed by atoms with Crippen LogP contribution < -0.4 is 8.92 Å². The summed E-state index contributed by atoms with van der Waals surface area (Å²) >= 11 is 0. The van der Waals surface area contributed by atoms with Gasteiger partial charge >= 0.3 is 33.9 Å². The molecule has 236 valence electrons. The first kappa shape index (κ1) is 32.4. The second-order valence-corrected chi connectivity index (χ2v) is 11.1. The quantitative estimate of drug-likeness (QED) is 0.112. The molecule has 0 aromatic heterocycles. The Morgan fingerprint density at radius 3 is 2.20 bits per heavy atom. The number of benzene rings is 3. The van der Waals surface area contributed by atoms with Crippen LogP contribution in [0, 0.1) is 0 Å². The maximum atomic E-state index is 13.7. The molecule has 1 heterocycles. The Kier molecular flexibility index (Phi) is 9.04. The summed E-state index contributed by atoms with van der Waals surface area (Å²) in [5, 5.41) is 0. The van der Waals surface area contributed by atoms with Crippen molar-refractivity contribution in [1.29, 1.82) is 0 Å². The molecule has 3 aromatic carbocycles. The van der Waals surface area contributed by atoms with Crippen LogP contribution in [0.5, 0.6) is 17.2 Å². The predicted molar refractivity (Wildman–Crippen MR) is 140 cm³/mol. The van der Waals surface area contributed by atoms with Gasteiger partial charge in [-0.1, -0.05) is 36.4 Å². The lowest BCUT2D eigenvalue weighted by Gasteiger charge is -2.23. The lowest BCUT2D eigenvalue weighted by molar-refractivity contribution is -0.140. The molecule has 1 fully saturated rings. The Morgan fingerprint density at radius 2 is 1.59 bits per heavy atom. The van der Waals surface area contributed by atoms with E-state index in [0.29, 0.717) is 17.7 Å². The standard InChI is InChI=1S/C28H23F6NO8S/c1-16-25(18-6-4-3-5-7-18)42-26(37)35(16)15-19-14-20(27(29,30)31)9-11-21(19)41-23-12-17(13-24(36)40-2)8-10-22(23)43-44(38,39)28(32,33)34/h3-12,14,16,25H,13,15H2,1-2H3. The van der Waals surface area contributed by atoms with Gasteiger partial charge in [0.15, 0.2) is 11.5 Å². The fourth-order valence-electron chi connectivity index (χ4n) is 4.30. The van der Waals surface area contributed by atoms with Crippen LogP contribution in [0.25, 0.3) is 0 Å². The molecule has 0 aliphatic carbocycles. The van der Waals surface area contributed by atoms with Crippen molar-refractivity contribution in [2.45, 2.75) is 43.7 Å². The van der Waals surface area contributed by atoms with Gasteiger partial charge in [0.25, 0.3) is 0 Å². The highest BCUT2D eigenvalue weighted by molar-refractivity contribution is 7.88. The molecule has 0 saturated carbocycles. The van der Waals surface area contributed by atoms with E-state index in [1.165, 1.54) is 0 Å². The average molecular weight is 648 g/mol. The fourth-order valence-corrected chi connectivity index (χ4v) is 4.77. The second kappa shape index (κ2) is 12.3. The van der Waals surface area contributed by atoms with Gasteiger partial charge < -0.3 is 18.4 Å². The van der Waals surface area contributed by atoms with Gasteiger partial charge in [-0.3, -0.25) is 9.69 Å². The Balaban J connectivity index is 1.75. The van der Waals surface area contributed by atoms with E-state index >= 15 is 0 Å². The number of carbonyl (C=O) groups excluding carboxylic acids is 2. The molecule has 0 N–H and O–H groups in total. The molecule has 4 rings (SSSR count). The first-order valence-electron chi connectivity index (χ1n) is 12.6. The largest absolute Gasteiger partial charge is 0.534 e. The van der Waals surface area contributed by atoms with Crippen molar-refractivity contribution in [2.75, 3.05) is 7.11 Å². The van der Waals surface area contributed by atoms with Crippen LogP contribution in [0.15, 0.2) is 66.7 Å². The minimum atomic E-state index is -6.20. The Bertz CT molecular complexity index is 1640. The van der Waals surface area contributed by atoms with Crippen molar-refractivity contribution < 1.29 is 62.7 Å². The molecule has 1 amide bonds. The van der Waals surface area contributed by atoms with Crippen LogP contribution in [0.4, 0.5) is 31.1 Å². The van der Waals surface area contributed by atoms with Crippen molar-refractivity contribution in [2.24, 2.45) is 0 Å². The Morgan fingerprint density at radius 1 is 0.932 bits per heavy atom. The second-order valence-electron chi connectivity index (χ2n) is 9.52. The summed E-state index contributed by atoms with van der Waals surface area (Å²) in [4.78, 5) is 25.7. The fraction of sp³-hybridized carbons (Fsp3) is 0.286. The molecule has 1 aliphatic rings. The monoisotopic (exact) mass is 647 g/mol. The van der Waals surface area contributed by atoms with Gasteiger partial charge in [0, 0.05) is 5.56 Å². The number of hydrogen-bond donors (Lipinski definition) is 0. The summed E-state index contributed by atoms with van der Waals surface area (Å²) in [6.07, 6.45) is -6.86. The van der Waals surface area contributed by atoms with Crippen molar-refractivity contribution >= 4 is 22.2 Å². The number of cyclic esters (lactones) is 1. The summed E-state index contributed by atoms with van der Waals surface area (Å²) < 4.78 is 124. The van der Waals surface area contributed by atoms with Gasteiger partial charge in [0.05, 0.1) is 31.7 Å². The summed E-state index contributed by atoms with van der Waals surface area (Å²) in [5.74, 6) is -2.80. The molecule has 16 heteroatoms. The van der Waals surface area contributed by atoms with E-state index in [1.54, 1.807) is 37.3 Å². The van der Waals surface area contributed by atoms with E-state index in [2.05, 4.69) is 8.92 Å². The molecule has 0 spiro atoms. The summed E-state index contributed by atoms with van der Waals surface area (Å²) in [7, 11) is -5.12.